The van der Waals surface area contributed by atoms with E-state index in [0.717, 1.165) is 0 Å². The number of carboxylic acids is 1. The Morgan fingerprint density at radius 3 is 2.59 bits per heavy atom. The van der Waals surface area contributed by atoms with E-state index in [0.29, 0.717) is 23.4 Å². The average molecular weight is 236 g/mol. The van der Waals surface area contributed by atoms with E-state index in [-0.39, 0.29) is 12.5 Å². The molecule has 0 heterocycles. The lowest BCUT2D eigenvalue weighted by atomic mass is 10.1. The van der Waals surface area contributed by atoms with Crippen LogP contribution in [0.4, 0.5) is 5.69 Å². The Balaban J connectivity index is 3.02. The molecule has 1 amide bonds. The SMILES string of the molecule is CCN(CC(=O)O)C(=O)c1cccc(N)c1C. The van der Waals surface area contributed by atoms with Gasteiger partial charge in [0.2, 0.25) is 0 Å². The fourth-order valence-corrected chi connectivity index (χ4v) is 1.55. The molecular formula is C12H16N2O3. The molecule has 3 N–H and O–H groups in total. The number of hydrogen-bond donors (Lipinski definition) is 2. The van der Waals surface area contributed by atoms with Crippen LogP contribution in [0.2, 0.25) is 0 Å². The third-order valence-corrected chi connectivity index (χ3v) is 2.60. The minimum absolute atomic E-state index is 0.302. The van der Waals surface area contributed by atoms with Crippen LogP contribution in [0.3, 0.4) is 0 Å². The van der Waals surface area contributed by atoms with Crippen LogP contribution in [-0.4, -0.2) is 35.0 Å². The van der Waals surface area contributed by atoms with Crippen LogP contribution >= 0.6 is 0 Å². The molecule has 0 aromatic heterocycles. The van der Waals surface area contributed by atoms with Gasteiger partial charge in [0.05, 0.1) is 0 Å². The molecule has 5 nitrogen and oxygen atoms in total. The lowest BCUT2D eigenvalue weighted by molar-refractivity contribution is -0.137. The molecule has 0 saturated heterocycles. The van der Waals surface area contributed by atoms with Gasteiger partial charge >= 0.3 is 5.97 Å². The molecule has 1 rings (SSSR count). The summed E-state index contributed by atoms with van der Waals surface area (Å²) in [5, 5.41) is 8.72. The Morgan fingerprint density at radius 2 is 2.06 bits per heavy atom. The lowest BCUT2D eigenvalue weighted by Crippen LogP contribution is -2.35. The van der Waals surface area contributed by atoms with Crippen molar-refractivity contribution in [3.05, 3.63) is 29.3 Å². The Kier molecular flexibility index (Phi) is 4.09. The van der Waals surface area contributed by atoms with Gasteiger partial charge in [0.1, 0.15) is 6.54 Å². The molecule has 0 aliphatic rings. The smallest absolute Gasteiger partial charge is 0.323 e. The van der Waals surface area contributed by atoms with Crippen molar-refractivity contribution in [2.24, 2.45) is 0 Å². The summed E-state index contributed by atoms with van der Waals surface area (Å²) in [6.07, 6.45) is 0. The summed E-state index contributed by atoms with van der Waals surface area (Å²) in [7, 11) is 0. The monoisotopic (exact) mass is 236 g/mol. The first-order valence-electron chi connectivity index (χ1n) is 5.33. The van der Waals surface area contributed by atoms with Gasteiger partial charge < -0.3 is 15.7 Å². The third-order valence-electron chi connectivity index (χ3n) is 2.60. The number of carbonyl (C=O) groups is 2. The fourth-order valence-electron chi connectivity index (χ4n) is 1.55. The molecule has 92 valence electrons. The number of nitrogen functional groups attached to an aromatic ring is 1. The summed E-state index contributed by atoms with van der Waals surface area (Å²) < 4.78 is 0. The van der Waals surface area contributed by atoms with Crippen LogP contribution in [0.25, 0.3) is 0 Å². The van der Waals surface area contributed by atoms with Gasteiger partial charge in [-0.15, -0.1) is 0 Å². The summed E-state index contributed by atoms with van der Waals surface area (Å²) in [6, 6.07) is 5.04. The molecule has 0 aliphatic carbocycles. The Morgan fingerprint density at radius 1 is 1.41 bits per heavy atom. The van der Waals surface area contributed by atoms with Gasteiger partial charge in [0, 0.05) is 17.8 Å². The van der Waals surface area contributed by atoms with Crippen LogP contribution < -0.4 is 5.73 Å². The quantitative estimate of drug-likeness (QED) is 0.767. The van der Waals surface area contributed by atoms with Crippen LogP contribution in [0, 0.1) is 6.92 Å². The second-order valence-corrected chi connectivity index (χ2v) is 3.73. The van der Waals surface area contributed by atoms with E-state index in [9.17, 15) is 9.59 Å². The number of carbonyl (C=O) groups excluding carboxylic acids is 1. The van der Waals surface area contributed by atoms with E-state index in [1.54, 1.807) is 32.0 Å². The summed E-state index contributed by atoms with van der Waals surface area (Å²) in [5.74, 6) is -1.33. The van der Waals surface area contributed by atoms with E-state index >= 15 is 0 Å². The van der Waals surface area contributed by atoms with Gasteiger partial charge in [-0.2, -0.15) is 0 Å². The van der Waals surface area contributed by atoms with Crippen molar-refractivity contribution in [3.8, 4) is 0 Å². The molecular weight excluding hydrogens is 220 g/mol. The number of nitrogens with two attached hydrogens (primary N) is 1. The highest BCUT2D eigenvalue weighted by atomic mass is 16.4. The third kappa shape index (κ3) is 2.96. The van der Waals surface area contributed by atoms with Crippen molar-refractivity contribution in [1.82, 2.24) is 4.90 Å². The van der Waals surface area contributed by atoms with Gasteiger partial charge in [-0.05, 0) is 31.5 Å². The predicted molar refractivity (Wildman–Crippen MR) is 64.8 cm³/mol. The molecule has 0 unspecified atom stereocenters. The number of benzene rings is 1. The van der Waals surface area contributed by atoms with Gasteiger partial charge in [0.25, 0.3) is 5.91 Å². The van der Waals surface area contributed by atoms with E-state index in [1.165, 1.54) is 4.90 Å². The van der Waals surface area contributed by atoms with E-state index in [1.807, 2.05) is 0 Å². The Hall–Kier alpha value is -2.04. The molecule has 0 fully saturated rings. The van der Waals surface area contributed by atoms with Crippen molar-refractivity contribution < 1.29 is 14.7 Å². The number of aliphatic carboxylic acids is 1. The number of amides is 1. The summed E-state index contributed by atoms with van der Waals surface area (Å²) >= 11 is 0. The molecule has 0 aliphatic heterocycles. The van der Waals surface area contributed by atoms with E-state index in [2.05, 4.69) is 0 Å². The predicted octanol–water partition coefficient (Wildman–Crippen LogP) is 1.12. The van der Waals surface area contributed by atoms with Gasteiger partial charge in [-0.25, -0.2) is 0 Å². The van der Waals surface area contributed by atoms with Crippen LogP contribution in [0.5, 0.6) is 0 Å². The maximum absolute atomic E-state index is 12.1. The van der Waals surface area contributed by atoms with E-state index < -0.39 is 5.97 Å². The number of carboxylic acid groups (broad SMARTS) is 1. The highest BCUT2D eigenvalue weighted by Gasteiger charge is 2.18. The number of rotatable bonds is 4. The molecule has 0 bridgehead atoms. The fraction of sp³-hybridized carbons (Fsp3) is 0.333. The highest BCUT2D eigenvalue weighted by molar-refractivity contribution is 5.98. The average Bonchev–Trinajstić information content (AvgIpc) is 2.28. The summed E-state index contributed by atoms with van der Waals surface area (Å²) in [6.45, 7) is 3.53. The molecule has 0 saturated carbocycles. The number of hydrogen-bond acceptors (Lipinski definition) is 3. The first-order chi connectivity index (χ1) is 7.97. The topological polar surface area (TPSA) is 83.6 Å². The number of likely N-dealkylation sites (N-methyl/N-ethyl adjacent to an activating group) is 1. The number of anilines is 1. The van der Waals surface area contributed by atoms with Gasteiger partial charge in [-0.3, -0.25) is 9.59 Å². The number of nitrogens with zero attached hydrogens (tertiary/aromatic N) is 1. The largest absolute Gasteiger partial charge is 0.480 e. The minimum Gasteiger partial charge on any atom is -0.480 e. The first-order valence-corrected chi connectivity index (χ1v) is 5.33. The van der Waals surface area contributed by atoms with Crippen molar-refractivity contribution in [3.63, 3.8) is 0 Å². The molecule has 1 aromatic rings. The molecule has 17 heavy (non-hydrogen) atoms. The van der Waals surface area contributed by atoms with Crippen molar-refractivity contribution in [2.45, 2.75) is 13.8 Å². The summed E-state index contributed by atoms with van der Waals surface area (Å²) in [4.78, 5) is 24.0. The normalized spacial score (nSPS) is 10.0. The zero-order chi connectivity index (χ0) is 13.0. The molecule has 0 spiro atoms. The second-order valence-electron chi connectivity index (χ2n) is 3.73. The van der Waals surface area contributed by atoms with Crippen molar-refractivity contribution >= 4 is 17.6 Å². The zero-order valence-corrected chi connectivity index (χ0v) is 9.93. The highest BCUT2D eigenvalue weighted by Crippen LogP contribution is 2.17. The van der Waals surface area contributed by atoms with Gasteiger partial charge in [-0.1, -0.05) is 6.07 Å². The van der Waals surface area contributed by atoms with Crippen molar-refractivity contribution in [1.29, 1.82) is 0 Å². The van der Waals surface area contributed by atoms with Crippen LogP contribution in [-0.2, 0) is 4.79 Å². The Bertz CT molecular complexity index is 443. The minimum atomic E-state index is -1.03. The molecule has 0 atom stereocenters. The maximum atomic E-state index is 12.1. The first kappa shape index (κ1) is 13.0. The maximum Gasteiger partial charge on any atom is 0.323 e. The van der Waals surface area contributed by atoms with E-state index in [4.69, 9.17) is 10.8 Å². The zero-order valence-electron chi connectivity index (χ0n) is 9.93. The van der Waals surface area contributed by atoms with Crippen LogP contribution in [0.1, 0.15) is 22.8 Å². The molecule has 1 aromatic carbocycles. The molecule has 5 heteroatoms. The second kappa shape index (κ2) is 5.34. The van der Waals surface area contributed by atoms with Crippen LogP contribution in [0.15, 0.2) is 18.2 Å². The standard InChI is InChI=1S/C12H16N2O3/c1-3-14(7-11(15)16)12(17)9-5-4-6-10(13)8(9)2/h4-6H,3,7,13H2,1-2H3,(H,15,16). The lowest BCUT2D eigenvalue weighted by Gasteiger charge is -2.20. The van der Waals surface area contributed by atoms with Gasteiger partial charge in [0.15, 0.2) is 0 Å². The molecule has 0 radical (unpaired) electrons. The summed E-state index contributed by atoms with van der Waals surface area (Å²) in [5.41, 5.74) is 7.38. The van der Waals surface area contributed by atoms with Crippen molar-refractivity contribution in [2.75, 3.05) is 18.8 Å². The Labute approximate surface area is 99.8 Å².